The van der Waals surface area contributed by atoms with E-state index in [-0.39, 0.29) is 10.9 Å². The van der Waals surface area contributed by atoms with Gasteiger partial charge in [-0.1, -0.05) is 13.8 Å². The van der Waals surface area contributed by atoms with Crippen LogP contribution in [-0.4, -0.2) is 56.3 Å². The van der Waals surface area contributed by atoms with Crippen molar-refractivity contribution in [1.82, 2.24) is 14.2 Å². The first kappa shape index (κ1) is 17.8. The monoisotopic (exact) mass is 315 g/mol. The smallest absolute Gasteiger partial charge is 0.262 e. The zero-order valence-corrected chi connectivity index (χ0v) is 13.9. The van der Waals surface area contributed by atoms with Crippen LogP contribution >= 0.6 is 0 Å². The highest BCUT2D eigenvalue weighted by atomic mass is 32.2. The lowest BCUT2D eigenvalue weighted by molar-refractivity contribution is 0.312. The lowest BCUT2D eigenvalue weighted by atomic mass is 10.2. The molecule has 0 fully saturated rings. The van der Waals surface area contributed by atoms with Crippen LogP contribution in [0.3, 0.4) is 0 Å². The number of nitrogen functional groups attached to an aromatic ring is 1. The third-order valence-electron chi connectivity index (χ3n) is 2.88. The van der Waals surface area contributed by atoms with Gasteiger partial charge in [-0.05, 0) is 32.1 Å². The molecule has 0 aliphatic carbocycles. The maximum atomic E-state index is 12.8. The van der Waals surface area contributed by atoms with Gasteiger partial charge >= 0.3 is 0 Å². The van der Waals surface area contributed by atoms with Gasteiger partial charge < -0.3 is 10.3 Å². The first-order valence-electron chi connectivity index (χ1n) is 6.85. The molecule has 0 spiro atoms. The van der Waals surface area contributed by atoms with Gasteiger partial charge in [0.25, 0.3) is 10.0 Å². The SMILES string of the molecule is CC(C)CN(CCN(C)C)S(=O)(=O)c1ncccc1NN. The lowest BCUT2D eigenvalue weighted by Crippen LogP contribution is -2.39. The molecule has 0 aliphatic heterocycles. The number of pyridine rings is 1. The molecular weight excluding hydrogens is 290 g/mol. The summed E-state index contributed by atoms with van der Waals surface area (Å²) in [6, 6.07) is 3.24. The fourth-order valence-electron chi connectivity index (χ4n) is 1.86. The van der Waals surface area contributed by atoms with E-state index in [0.717, 1.165) is 0 Å². The summed E-state index contributed by atoms with van der Waals surface area (Å²) in [6.07, 6.45) is 1.45. The van der Waals surface area contributed by atoms with Crippen molar-refractivity contribution in [2.45, 2.75) is 18.9 Å². The molecule has 1 aromatic heterocycles. The predicted octanol–water partition coefficient (Wildman–Crippen LogP) is 0.576. The first-order chi connectivity index (χ1) is 9.78. The van der Waals surface area contributed by atoms with Crippen LogP contribution in [0.15, 0.2) is 23.4 Å². The molecule has 1 heterocycles. The summed E-state index contributed by atoms with van der Waals surface area (Å²) < 4.78 is 27.1. The van der Waals surface area contributed by atoms with Crippen molar-refractivity contribution in [3.05, 3.63) is 18.3 Å². The van der Waals surface area contributed by atoms with Crippen LogP contribution in [0.5, 0.6) is 0 Å². The summed E-state index contributed by atoms with van der Waals surface area (Å²) in [6.45, 7) is 5.46. The second kappa shape index (κ2) is 7.69. The molecule has 21 heavy (non-hydrogen) atoms. The third kappa shape index (κ3) is 4.92. The molecule has 3 N–H and O–H groups in total. The van der Waals surface area contributed by atoms with Crippen molar-refractivity contribution in [3.63, 3.8) is 0 Å². The average Bonchev–Trinajstić information content (AvgIpc) is 2.42. The van der Waals surface area contributed by atoms with E-state index in [2.05, 4.69) is 10.4 Å². The maximum absolute atomic E-state index is 12.8. The van der Waals surface area contributed by atoms with Crippen LogP contribution in [-0.2, 0) is 10.0 Å². The van der Waals surface area contributed by atoms with E-state index < -0.39 is 10.0 Å². The number of likely N-dealkylation sites (N-methyl/N-ethyl adjacent to an activating group) is 1. The Morgan fingerprint density at radius 3 is 2.52 bits per heavy atom. The second-order valence-electron chi connectivity index (χ2n) is 5.56. The van der Waals surface area contributed by atoms with Crippen molar-refractivity contribution in [2.24, 2.45) is 11.8 Å². The number of hydrogen-bond donors (Lipinski definition) is 2. The standard InChI is InChI=1S/C13H25N5O2S/c1-11(2)10-18(9-8-17(3)4)21(19,20)13-12(16-14)6-5-7-15-13/h5-7,11,16H,8-10,14H2,1-4H3. The van der Waals surface area contributed by atoms with E-state index >= 15 is 0 Å². The van der Waals surface area contributed by atoms with Crippen molar-refractivity contribution in [1.29, 1.82) is 0 Å². The molecule has 0 aromatic carbocycles. The normalized spacial score (nSPS) is 12.4. The highest BCUT2D eigenvalue weighted by Crippen LogP contribution is 2.22. The minimum absolute atomic E-state index is 0.0353. The molecule has 0 amide bonds. The highest BCUT2D eigenvalue weighted by Gasteiger charge is 2.28. The molecular formula is C13H25N5O2S. The summed E-state index contributed by atoms with van der Waals surface area (Å²) in [7, 11) is 0.140. The molecule has 1 aromatic rings. The van der Waals surface area contributed by atoms with E-state index in [1.165, 1.54) is 10.5 Å². The molecule has 8 heteroatoms. The van der Waals surface area contributed by atoms with Gasteiger partial charge in [0.05, 0.1) is 5.69 Å². The summed E-state index contributed by atoms with van der Waals surface area (Å²) in [5.41, 5.74) is 2.70. The molecule has 0 saturated carbocycles. The van der Waals surface area contributed by atoms with Crippen molar-refractivity contribution in [3.8, 4) is 0 Å². The Hall–Kier alpha value is -1.22. The minimum atomic E-state index is -3.68. The number of sulfonamides is 1. The molecule has 0 radical (unpaired) electrons. The highest BCUT2D eigenvalue weighted by molar-refractivity contribution is 7.89. The second-order valence-corrected chi connectivity index (χ2v) is 7.41. The maximum Gasteiger partial charge on any atom is 0.262 e. The number of nitrogens with one attached hydrogen (secondary N) is 1. The molecule has 0 unspecified atom stereocenters. The summed E-state index contributed by atoms with van der Waals surface area (Å²) in [5.74, 6) is 5.61. The summed E-state index contributed by atoms with van der Waals surface area (Å²) in [5, 5.41) is -0.0353. The number of hydrogen-bond acceptors (Lipinski definition) is 6. The van der Waals surface area contributed by atoms with E-state index in [1.54, 1.807) is 12.1 Å². The minimum Gasteiger partial charge on any atom is -0.321 e. The van der Waals surface area contributed by atoms with Crippen molar-refractivity contribution in [2.75, 3.05) is 39.2 Å². The fraction of sp³-hybridized carbons (Fsp3) is 0.615. The van der Waals surface area contributed by atoms with Gasteiger partial charge in [0, 0.05) is 25.8 Å². The number of nitrogens with zero attached hydrogens (tertiary/aromatic N) is 3. The number of nitrogens with two attached hydrogens (primary N) is 1. The van der Waals surface area contributed by atoms with Crippen LogP contribution < -0.4 is 11.3 Å². The van der Waals surface area contributed by atoms with Crippen LogP contribution in [0.2, 0.25) is 0 Å². The average molecular weight is 315 g/mol. The van der Waals surface area contributed by atoms with Crippen LogP contribution in [0, 0.1) is 5.92 Å². The number of rotatable bonds is 8. The Bertz CT molecular complexity index is 545. The zero-order chi connectivity index (χ0) is 16.0. The van der Waals surface area contributed by atoms with Gasteiger partial charge in [-0.25, -0.2) is 13.4 Å². The Morgan fingerprint density at radius 2 is 2.00 bits per heavy atom. The summed E-state index contributed by atoms with van der Waals surface area (Å²) >= 11 is 0. The quantitative estimate of drug-likeness (QED) is 0.538. The summed E-state index contributed by atoms with van der Waals surface area (Å²) in [4.78, 5) is 5.94. The predicted molar refractivity (Wildman–Crippen MR) is 84.2 cm³/mol. The van der Waals surface area contributed by atoms with Gasteiger partial charge in [0.2, 0.25) is 0 Å². The molecule has 120 valence electrons. The number of hydrazine groups is 1. The van der Waals surface area contributed by atoms with E-state index in [4.69, 9.17) is 5.84 Å². The van der Waals surface area contributed by atoms with Gasteiger partial charge in [-0.3, -0.25) is 5.84 Å². The van der Waals surface area contributed by atoms with Crippen LogP contribution in [0.25, 0.3) is 0 Å². The first-order valence-corrected chi connectivity index (χ1v) is 8.29. The number of anilines is 1. The molecule has 0 aliphatic rings. The van der Waals surface area contributed by atoms with Crippen LogP contribution in [0.4, 0.5) is 5.69 Å². The fourth-order valence-corrected chi connectivity index (χ4v) is 3.52. The van der Waals surface area contributed by atoms with E-state index in [0.29, 0.717) is 25.3 Å². The number of aromatic nitrogens is 1. The Balaban J connectivity index is 3.13. The van der Waals surface area contributed by atoms with Gasteiger partial charge in [0.1, 0.15) is 0 Å². The topological polar surface area (TPSA) is 91.6 Å². The van der Waals surface area contributed by atoms with Gasteiger partial charge in [0.15, 0.2) is 5.03 Å². The molecule has 0 atom stereocenters. The van der Waals surface area contributed by atoms with Gasteiger partial charge in [-0.2, -0.15) is 4.31 Å². The van der Waals surface area contributed by atoms with Gasteiger partial charge in [-0.15, -0.1) is 0 Å². The Labute approximate surface area is 127 Å². The lowest BCUT2D eigenvalue weighted by Gasteiger charge is -2.25. The molecule has 1 rings (SSSR count). The third-order valence-corrected chi connectivity index (χ3v) is 4.70. The van der Waals surface area contributed by atoms with Crippen LogP contribution in [0.1, 0.15) is 13.8 Å². The zero-order valence-electron chi connectivity index (χ0n) is 13.1. The van der Waals surface area contributed by atoms with Crippen molar-refractivity contribution >= 4 is 15.7 Å². The Kier molecular flexibility index (Phi) is 6.53. The molecule has 0 bridgehead atoms. The molecule has 0 saturated heterocycles. The van der Waals surface area contributed by atoms with Crippen molar-refractivity contribution < 1.29 is 8.42 Å². The van der Waals surface area contributed by atoms with E-state index in [1.807, 2.05) is 32.8 Å². The largest absolute Gasteiger partial charge is 0.321 e. The molecule has 7 nitrogen and oxygen atoms in total. The van der Waals surface area contributed by atoms with E-state index in [9.17, 15) is 8.42 Å². The Morgan fingerprint density at radius 1 is 1.33 bits per heavy atom.